The number of nitrogens with one attached hydrogen (secondary N) is 2. The van der Waals surface area contributed by atoms with Crippen LogP contribution in [-0.2, 0) is 4.74 Å². The summed E-state index contributed by atoms with van der Waals surface area (Å²) in [5, 5.41) is 14.7. The van der Waals surface area contributed by atoms with E-state index in [9.17, 15) is 0 Å². The van der Waals surface area contributed by atoms with E-state index in [0.717, 1.165) is 0 Å². The van der Waals surface area contributed by atoms with E-state index in [1.54, 1.807) is 25.3 Å². The number of methoxy groups -OCH3 is 1. The van der Waals surface area contributed by atoms with Crippen molar-refractivity contribution in [1.82, 2.24) is 15.2 Å². The Balaban J connectivity index is 2.11. The summed E-state index contributed by atoms with van der Waals surface area (Å²) in [5.74, 6) is 0.894. The van der Waals surface area contributed by atoms with Gasteiger partial charge in [0, 0.05) is 13.7 Å². The van der Waals surface area contributed by atoms with Gasteiger partial charge in [0.15, 0.2) is 5.82 Å². The molecule has 0 aliphatic rings. The van der Waals surface area contributed by atoms with E-state index in [0.29, 0.717) is 40.7 Å². The summed E-state index contributed by atoms with van der Waals surface area (Å²) < 4.78 is 4.93. The Bertz CT molecular complexity index is 561. The number of rotatable bonds is 6. The number of hydrogen-bond donors (Lipinski definition) is 2. The number of halogens is 2. The van der Waals surface area contributed by atoms with Gasteiger partial charge in [-0.1, -0.05) is 29.3 Å². The second-order valence-electron chi connectivity index (χ2n) is 3.81. The zero-order valence-corrected chi connectivity index (χ0v) is 12.2. The van der Waals surface area contributed by atoms with E-state index < -0.39 is 0 Å². The van der Waals surface area contributed by atoms with Gasteiger partial charge in [-0.2, -0.15) is 10.1 Å². The third-order valence-corrected chi connectivity index (χ3v) is 2.99. The topological polar surface area (TPSA) is 72.0 Å². The number of para-hydroxylation sites is 1. The van der Waals surface area contributed by atoms with E-state index in [1.807, 2.05) is 0 Å². The van der Waals surface area contributed by atoms with Gasteiger partial charge in [0.05, 0.1) is 28.5 Å². The molecule has 0 unspecified atom stereocenters. The van der Waals surface area contributed by atoms with Crippen LogP contribution in [0.2, 0.25) is 10.0 Å². The molecule has 2 aromatic rings. The minimum atomic E-state index is 0.398. The Morgan fingerprint density at radius 1 is 1.25 bits per heavy atom. The lowest BCUT2D eigenvalue weighted by atomic mass is 10.3. The number of hydrogen-bond acceptors (Lipinski definition) is 6. The molecule has 0 atom stereocenters. The molecule has 6 nitrogen and oxygen atoms in total. The molecule has 0 radical (unpaired) electrons. The predicted octanol–water partition coefficient (Wildman–Crippen LogP) is 2.98. The summed E-state index contributed by atoms with van der Waals surface area (Å²) in [7, 11) is 1.62. The predicted molar refractivity (Wildman–Crippen MR) is 79.9 cm³/mol. The molecule has 1 aromatic heterocycles. The summed E-state index contributed by atoms with van der Waals surface area (Å²) in [6.45, 7) is 1.14. The second-order valence-corrected chi connectivity index (χ2v) is 4.62. The molecular weight excluding hydrogens is 301 g/mol. The molecule has 0 aliphatic carbocycles. The van der Waals surface area contributed by atoms with Crippen LogP contribution in [0.4, 0.5) is 17.5 Å². The molecule has 0 fully saturated rings. The van der Waals surface area contributed by atoms with E-state index in [-0.39, 0.29) is 0 Å². The van der Waals surface area contributed by atoms with Crippen molar-refractivity contribution in [3.8, 4) is 0 Å². The fourth-order valence-corrected chi connectivity index (χ4v) is 1.94. The van der Waals surface area contributed by atoms with Crippen molar-refractivity contribution in [2.75, 3.05) is 30.9 Å². The molecule has 2 rings (SSSR count). The Hall–Kier alpha value is -1.63. The fraction of sp³-hybridized carbons (Fsp3) is 0.250. The maximum atomic E-state index is 6.08. The molecule has 8 heteroatoms. The second kappa shape index (κ2) is 7.23. The normalized spacial score (nSPS) is 10.3. The van der Waals surface area contributed by atoms with Gasteiger partial charge in [-0.25, -0.2) is 0 Å². The maximum Gasteiger partial charge on any atom is 0.244 e. The van der Waals surface area contributed by atoms with Crippen LogP contribution in [0, 0.1) is 0 Å². The first kappa shape index (κ1) is 14.8. The maximum absolute atomic E-state index is 6.08. The molecule has 1 aromatic carbocycles. The molecule has 20 heavy (non-hydrogen) atoms. The van der Waals surface area contributed by atoms with Crippen LogP contribution in [0.15, 0.2) is 24.4 Å². The van der Waals surface area contributed by atoms with E-state index in [2.05, 4.69) is 25.8 Å². The molecule has 0 spiro atoms. The van der Waals surface area contributed by atoms with Crippen LogP contribution in [0.25, 0.3) is 0 Å². The highest BCUT2D eigenvalue weighted by Crippen LogP contribution is 2.31. The van der Waals surface area contributed by atoms with Crippen molar-refractivity contribution in [2.24, 2.45) is 0 Å². The molecule has 0 saturated carbocycles. The van der Waals surface area contributed by atoms with Crippen LogP contribution < -0.4 is 10.6 Å². The van der Waals surface area contributed by atoms with Gasteiger partial charge in [-0.15, -0.1) is 5.10 Å². The summed E-state index contributed by atoms with van der Waals surface area (Å²) in [4.78, 5) is 4.25. The molecular formula is C12H13Cl2N5O. The Morgan fingerprint density at radius 2 is 2.00 bits per heavy atom. The number of aromatic nitrogens is 3. The molecule has 0 saturated heterocycles. The Morgan fingerprint density at radius 3 is 2.70 bits per heavy atom. The van der Waals surface area contributed by atoms with Crippen molar-refractivity contribution in [3.63, 3.8) is 0 Å². The standard InChI is InChI=1S/C12H13Cl2N5O/c1-20-6-5-15-12-18-10(7-16-19-12)17-11-8(13)3-2-4-9(11)14/h2-4,7H,5-6H2,1H3,(H2,15,17,18,19). The largest absolute Gasteiger partial charge is 0.383 e. The van der Waals surface area contributed by atoms with E-state index in [4.69, 9.17) is 27.9 Å². The zero-order chi connectivity index (χ0) is 14.4. The van der Waals surface area contributed by atoms with Gasteiger partial charge in [-0.05, 0) is 12.1 Å². The van der Waals surface area contributed by atoms with Gasteiger partial charge < -0.3 is 15.4 Å². The fourth-order valence-electron chi connectivity index (χ4n) is 1.45. The van der Waals surface area contributed by atoms with Crippen molar-refractivity contribution >= 4 is 40.7 Å². The minimum absolute atomic E-state index is 0.398. The quantitative estimate of drug-likeness (QED) is 0.799. The van der Waals surface area contributed by atoms with Gasteiger partial charge in [0.25, 0.3) is 0 Å². The summed E-state index contributed by atoms with van der Waals surface area (Å²) >= 11 is 12.2. The zero-order valence-electron chi connectivity index (χ0n) is 10.7. The monoisotopic (exact) mass is 313 g/mol. The van der Waals surface area contributed by atoms with Gasteiger partial charge in [0.1, 0.15) is 0 Å². The lowest BCUT2D eigenvalue weighted by Crippen LogP contribution is -2.11. The highest BCUT2D eigenvalue weighted by molar-refractivity contribution is 6.39. The van der Waals surface area contributed by atoms with Gasteiger partial charge in [0.2, 0.25) is 5.95 Å². The van der Waals surface area contributed by atoms with Crippen molar-refractivity contribution in [3.05, 3.63) is 34.4 Å². The smallest absolute Gasteiger partial charge is 0.244 e. The van der Waals surface area contributed by atoms with Crippen molar-refractivity contribution < 1.29 is 4.74 Å². The average molecular weight is 314 g/mol. The van der Waals surface area contributed by atoms with Crippen LogP contribution >= 0.6 is 23.2 Å². The molecule has 0 amide bonds. The van der Waals surface area contributed by atoms with Crippen LogP contribution in [0.1, 0.15) is 0 Å². The van der Waals surface area contributed by atoms with Gasteiger partial charge in [-0.3, -0.25) is 0 Å². The van der Waals surface area contributed by atoms with Crippen LogP contribution in [0.5, 0.6) is 0 Å². The lowest BCUT2D eigenvalue weighted by molar-refractivity contribution is 0.210. The highest BCUT2D eigenvalue weighted by atomic mass is 35.5. The number of ether oxygens (including phenoxy) is 1. The first-order chi connectivity index (χ1) is 9.70. The summed E-state index contributed by atoms with van der Waals surface area (Å²) in [5.41, 5.74) is 0.583. The third-order valence-electron chi connectivity index (χ3n) is 2.36. The van der Waals surface area contributed by atoms with E-state index in [1.165, 1.54) is 6.20 Å². The van der Waals surface area contributed by atoms with Gasteiger partial charge >= 0.3 is 0 Å². The molecule has 1 heterocycles. The SMILES string of the molecule is COCCNc1nncc(Nc2c(Cl)cccc2Cl)n1. The molecule has 0 bridgehead atoms. The third kappa shape index (κ3) is 3.93. The summed E-state index contributed by atoms with van der Waals surface area (Å²) in [6.07, 6.45) is 1.49. The first-order valence-corrected chi connectivity index (χ1v) is 6.60. The van der Waals surface area contributed by atoms with Crippen LogP contribution in [0.3, 0.4) is 0 Å². The lowest BCUT2D eigenvalue weighted by Gasteiger charge is -2.10. The molecule has 0 aliphatic heterocycles. The minimum Gasteiger partial charge on any atom is -0.383 e. The average Bonchev–Trinajstić information content (AvgIpc) is 2.44. The number of nitrogens with zero attached hydrogens (tertiary/aromatic N) is 3. The molecule has 106 valence electrons. The molecule has 2 N–H and O–H groups in total. The number of anilines is 3. The first-order valence-electron chi connectivity index (χ1n) is 5.84. The van der Waals surface area contributed by atoms with Crippen molar-refractivity contribution in [1.29, 1.82) is 0 Å². The Kier molecular flexibility index (Phi) is 5.34. The Labute approximate surface area is 126 Å². The number of benzene rings is 1. The van der Waals surface area contributed by atoms with E-state index >= 15 is 0 Å². The van der Waals surface area contributed by atoms with Crippen molar-refractivity contribution in [2.45, 2.75) is 0 Å². The highest BCUT2D eigenvalue weighted by Gasteiger charge is 2.07. The summed E-state index contributed by atoms with van der Waals surface area (Å²) in [6, 6.07) is 5.25. The van der Waals surface area contributed by atoms with Crippen LogP contribution in [-0.4, -0.2) is 35.4 Å².